The maximum absolute atomic E-state index is 12.7. The summed E-state index contributed by atoms with van der Waals surface area (Å²) >= 11 is 0. The van der Waals surface area contributed by atoms with Gasteiger partial charge < -0.3 is 0 Å². The summed E-state index contributed by atoms with van der Waals surface area (Å²) in [4.78, 5) is 0.438. The zero-order valence-electron chi connectivity index (χ0n) is 12.6. The van der Waals surface area contributed by atoms with E-state index in [9.17, 15) is 8.42 Å². The molecular formula is C18H22O2S. The summed E-state index contributed by atoms with van der Waals surface area (Å²) in [7, 11) is -3.24. The van der Waals surface area contributed by atoms with Gasteiger partial charge in [-0.3, -0.25) is 0 Å². The smallest absolute Gasteiger partial charge is 0.181 e. The Labute approximate surface area is 127 Å². The van der Waals surface area contributed by atoms with Crippen molar-refractivity contribution in [2.45, 2.75) is 43.3 Å². The molecule has 1 atom stereocenters. The zero-order valence-corrected chi connectivity index (χ0v) is 13.4. The van der Waals surface area contributed by atoms with Crippen LogP contribution in [-0.4, -0.2) is 13.7 Å². The fraction of sp³-hybridized carbons (Fsp3) is 0.333. The average Bonchev–Trinajstić information content (AvgIpc) is 2.49. The Morgan fingerprint density at radius 2 is 1.57 bits per heavy atom. The summed E-state index contributed by atoms with van der Waals surface area (Å²) in [6.45, 7) is 3.91. The number of hydrogen-bond donors (Lipinski definition) is 0. The molecule has 0 fully saturated rings. The third-order valence-corrected chi connectivity index (χ3v) is 6.22. The molecule has 2 rings (SSSR count). The molecule has 0 amide bonds. The summed E-state index contributed by atoms with van der Waals surface area (Å²) in [5.74, 6) is 0. The lowest BCUT2D eigenvalue weighted by molar-refractivity contribution is 0.566. The van der Waals surface area contributed by atoms with Gasteiger partial charge in [-0.1, -0.05) is 55.0 Å². The van der Waals surface area contributed by atoms with E-state index in [4.69, 9.17) is 0 Å². The summed E-state index contributed by atoms with van der Waals surface area (Å²) in [6, 6.07) is 17.2. The second-order valence-electron chi connectivity index (χ2n) is 5.41. The molecule has 0 aliphatic rings. The third kappa shape index (κ3) is 3.94. The van der Waals surface area contributed by atoms with E-state index in [-0.39, 0.29) is 5.25 Å². The van der Waals surface area contributed by atoms with Gasteiger partial charge in [0.15, 0.2) is 9.84 Å². The van der Waals surface area contributed by atoms with E-state index >= 15 is 0 Å². The minimum atomic E-state index is -3.24. The molecule has 0 saturated carbocycles. The SMILES string of the molecule is CCC(CCc1ccccc1)S(=O)(=O)c1ccc(C)cc1. The van der Waals surface area contributed by atoms with Crippen molar-refractivity contribution in [3.63, 3.8) is 0 Å². The van der Waals surface area contributed by atoms with Gasteiger partial charge in [0, 0.05) is 0 Å². The highest BCUT2D eigenvalue weighted by Gasteiger charge is 2.25. The Morgan fingerprint density at radius 3 is 2.14 bits per heavy atom. The van der Waals surface area contributed by atoms with Crippen LogP contribution >= 0.6 is 0 Å². The topological polar surface area (TPSA) is 34.1 Å². The standard InChI is InChI=1S/C18H22O2S/c1-3-17(14-11-16-7-5-4-6-8-16)21(19,20)18-12-9-15(2)10-13-18/h4-10,12-13,17H,3,11,14H2,1-2H3. The van der Waals surface area contributed by atoms with Gasteiger partial charge in [-0.25, -0.2) is 8.42 Å². The number of hydrogen-bond acceptors (Lipinski definition) is 2. The Bertz CT molecular complexity index is 658. The predicted molar refractivity (Wildman–Crippen MR) is 87.2 cm³/mol. The van der Waals surface area contributed by atoms with Crippen molar-refractivity contribution in [2.24, 2.45) is 0 Å². The molecule has 0 aromatic heterocycles. The van der Waals surface area contributed by atoms with Gasteiger partial charge >= 0.3 is 0 Å². The summed E-state index contributed by atoms with van der Waals surface area (Å²) < 4.78 is 25.4. The zero-order chi connectivity index (χ0) is 15.3. The maximum atomic E-state index is 12.7. The highest BCUT2D eigenvalue weighted by atomic mass is 32.2. The van der Waals surface area contributed by atoms with Gasteiger partial charge in [-0.05, 0) is 43.9 Å². The molecular weight excluding hydrogens is 280 g/mol. The Hall–Kier alpha value is -1.61. The van der Waals surface area contributed by atoms with Gasteiger partial charge in [-0.2, -0.15) is 0 Å². The molecule has 21 heavy (non-hydrogen) atoms. The Kier molecular flexibility index (Phi) is 5.18. The van der Waals surface area contributed by atoms with Crippen LogP contribution in [0, 0.1) is 6.92 Å². The predicted octanol–water partition coefficient (Wildman–Crippen LogP) is 4.18. The molecule has 0 heterocycles. The molecule has 0 aliphatic carbocycles. The summed E-state index contributed by atoms with van der Waals surface area (Å²) in [6.07, 6.45) is 2.10. The molecule has 112 valence electrons. The van der Waals surface area contributed by atoms with E-state index in [0.29, 0.717) is 17.7 Å². The average molecular weight is 302 g/mol. The molecule has 1 unspecified atom stereocenters. The van der Waals surface area contributed by atoms with E-state index < -0.39 is 9.84 Å². The molecule has 0 N–H and O–H groups in total. The Morgan fingerprint density at radius 1 is 0.952 bits per heavy atom. The lowest BCUT2D eigenvalue weighted by Crippen LogP contribution is -2.21. The molecule has 0 radical (unpaired) electrons. The van der Waals surface area contributed by atoms with Gasteiger partial charge in [0.25, 0.3) is 0 Å². The first-order valence-electron chi connectivity index (χ1n) is 7.38. The van der Waals surface area contributed by atoms with E-state index in [2.05, 4.69) is 0 Å². The monoisotopic (exact) mass is 302 g/mol. The van der Waals surface area contributed by atoms with Crippen LogP contribution in [0.3, 0.4) is 0 Å². The lowest BCUT2D eigenvalue weighted by Gasteiger charge is -2.16. The van der Waals surface area contributed by atoms with Crippen molar-refractivity contribution in [1.82, 2.24) is 0 Å². The Balaban J connectivity index is 2.14. The van der Waals surface area contributed by atoms with E-state index in [1.165, 1.54) is 5.56 Å². The van der Waals surface area contributed by atoms with E-state index in [1.807, 2.05) is 56.3 Å². The molecule has 0 aliphatic heterocycles. The number of sulfone groups is 1. The van der Waals surface area contributed by atoms with Gasteiger partial charge in [-0.15, -0.1) is 0 Å². The van der Waals surface area contributed by atoms with Gasteiger partial charge in [0.1, 0.15) is 0 Å². The first kappa shape index (κ1) is 15.8. The third-order valence-electron chi connectivity index (χ3n) is 3.84. The van der Waals surface area contributed by atoms with Crippen LogP contribution in [0.15, 0.2) is 59.5 Å². The number of rotatable bonds is 6. The molecule has 2 aromatic rings. The van der Waals surface area contributed by atoms with Crippen molar-refractivity contribution in [3.05, 3.63) is 65.7 Å². The molecule has 2 nitrogen and oxygen atoms in total. The minimum absolute atomic E-state index is 0.319. The van der Waals surface area contributed by atoms with Crippen LogP contribution in [0.5, 0.6) is 0 Å². The normalized spacial score (nSPS) is 13.0. The van der Waals surface area contributed by atoms with E-state index in [1.54, 1.807) is 12.1 Å². The number of aryl methyl sites for hydroxylation is 2. The molecule has 0 spiro atoms. The highest BCUT2D eigenvalue weighted by molar-refractivity contribution is 7.92. The molecule has 3 heteroatoms. The second-order valence-corrected chi connectivity index (χ2v) is 7.64. The van der Waals surface area contributed by atoms with Gasteiger partial charge in [0.2, 0.25) is 0 Å². The van der Waals surface area contributed by atoms with Gasteiger partial charge in [0.05, 0.1) is 10.1 Å². The fourth-order valence-electron chi connectivity index (χ4n) is 2.47. The first-order chi connectivity index (χ1) is 10.0. The van der Waals surface area contributed by atoms with Crippen molar-refractivity contribution in [3.8, 4) is 0 Å². The van der Waals surface area contributed by atoms with E-state index in [0.717, 1.165) is 12.0 Å². The minimum Gasteiger partial charge on any atom is -0.223 e. The quantitative estimate of drug-likeness (QED) is 0.802. The van der Waals surface area contributed by atoms with Crippen molar-refractivity contribution >= 4 is 9.84 Å². The maximum Gasteiger partial charge on any atom is 0.181 e. The van der Waals surface area contributed by atoms with Crippen molar-refractivity contribution < 1.29 is 8.42 Å². The largest absolute Gasteiger partial charge is 0.223 e. The van der Waals surface area contributed by atoms with Crippen LogP contribution in [0.1, 0.15) is 30.9 Å². The van der Waals surface area contributed by atoms with Crippen LogP contribution in [-0.2, 0) is 16.3 Å². The van der Waals surface area contributed by atoms with Crippen LogP contribution < -0.4 is 0 Å². The summed E-state index contributed by atoms with van der Waals surface area (Å²) in [5.41, 5.74) is 2.27. The van der Waals surface area contributed by atoms with Crippen molar-refractivity contribution in [1.29, 1.82) is 0 Å². The highest BCUT2D eigenvalue weighted by Crippen LogP contribution is 2.22. The van der Waals surface area contributed by atoms with Crippen LogP contribution in [0.25, 0.3) is 0 Å². The van der Waals surface area contributed by atoms with Crippen LogP contribution in [0.2, 0.25) is 0 Å². The number of benzene rings is 2. The summed E-state index contributed by atoms with van der Waals surface area (Å²) in [5, 5.41) is -0.319. The lowest BCUT2D eigenvalue weighted by atomic mass is 10.1. The van der Waals surface area contributed by atoms with Crippen LogP contribution in [0.4, 0.5) is 0 Å². The molecule has 2 aromatic carbocycles. The second kappa shape index (κ2) is 6.90. The molecule has 0 bridgehead atoms. The first-order valence-corrected chi connectivity index (χ1v) is 8.93. The molecule has 0 saturated heterocycles. The van der Waals surface area contributed by atoms with Crippen molar-refractivity contribution in [2.75, 3.05) is 0 Å². The fourth-order valence-corrected chi connectivity index (χ4v) is 4.24.